The van der Waals surface area contributed by atoms with Gasteiger partial charge in [-0.15, -0.1) is 0 Å². The zero-order valence-corrected chi connectivity index (χ0v) is 16.4. The summed E-state index contributed by atoms with van der Waals surface area (Å²) in [6.45, 7) is 3.11. The van der Waals surface area contributed by atoms with Crippen molar-refractivity contribution < 1.29 is 13.9 Å². The van der Waals surface area contributed by atoms with Crippen LogP contribution in [0, 0.1) is 12.7 Å². The van der Waals surface area contributed by atoms with Gasteiger partial charge >= 0.3 is 0 Å². The molecule has 0 unspecified atom stereocenters. The minimum Gasteiger partial charge on any atom is -0.437 e. The van der Waals surface area contributed by atoms with Gasteiger partial charge in [0, 0.05) is 44.1 Å². The minimum atomic E-state index is -0.330. The van der Waals surface area contributed by atoms with Crippen LogP contribution < -0.4 is 4.74 Å². The number of rotatable bonds is 4. The van der Waals surface area contributed by atoms with Crippen LogP contribution in [-0.4, -0.2) is 43.6 Å². The van der Waals surface area contributed by atoms with Crippen LogP contribution in [0.4, 0.5) is 4.39 Å². The molecule has 1 fully saturated rings. The lowest BCUT2D eigenvalue weighted by atomic mass is 9.94. The number of ether oxygens (including phenoxy) is 1. The van der Waals surface area contributed by atoms with Crippen molar-refractivity contribution in [2.75, 3.05) is 13.1 Å². The van der Waals surface area contributed by atoms with Crippen LogP contribution in [-0.2, 0) is 7.05 Å². The third-order valence-electron chi connectivity index (χ3n) is 5.28. The lowest BCUT2D eigenvalue weighted by Gasteiger charge is -2.32. The third kappa shape index (κ3) is 3.96. The quantitative estimate of drug-likeness (QED) is 0.676. The fourth-order valence-corrected chi connectivity index (χ4v) is 3.57. The Hall–Kier alpha value is -3.29. The van der Waals surface area contributed by atoms with Crippen molar-refractivity contribution in [2.45, 2.75) is 25.7 Å². The molecule has 3 aromatic rings. The van der Waals surface area contributed by atoms with E-state index < -0.39 is 0 Å². The van der Waals surface area contributed by atoms with Crippen LogP contribution in [0.1, 0.15) is 40.5 Å². The molecular formula is C21H22FN5O2. The molecule has 29 heavy (non-hydrogen) atoms. The van der Waals surface area contributed by atoms with Gasteiger partial charge in [-0.3, -0.25) is 14.5 Å². The Bertz CT molecular complexity index is 1020. The molecule has 7 nitrogen and oxygen atoms in total. The summed E-state index contributed by atoms with van der Waals surface area (Å²) in [7, 11) is 1.82. The number of nitrogens with zero attached hydrogens (tertiary/aromatic N) is 5. The highest BCUT2D eigenvalue weighted by molar-refractivity contribution is 5.95. The maximum Gasteiger partial charge on any atom is 0.257 e. The van der Waals surface area contributed by atoms with Crippen LogP contribution in [0.3, 0.4) is 0 Å². The molecule has 0 N–H and O–H groups in total. The molecule has 1 saturated heterocycles. The molecule has 8 heteroatoms. The summed E-state index contributed by atoms with van der Waals surface area (Å²) in [6.07, 6.45) is 6.55. The van der Waals surface area contributed by atoms with Gasteiger partial charge in [0.25, 0.3) is 5.91 Å². The second kappa shape index (κ2) is 7.98. The first-order chi connectivity index (χ1) is 14.0. The first-order valence-electron chi connectivity index (χ1n) is 9.55. The first kappa shape index (κ1) is 19.0. The highest BCUT2D eigenvalue weighted by atomic mass is 19.1. The van der Waals surface area contributed by atoms with E-state index in [-0.39, 0.29) is 17.6 Å². The number of halogens is 1. The monoisotopic (exact) mass is 395 g/mol. The molecule has 0 spiro atoms. The molecule has 3 heterocycles. The molecule has 1 aromatic carbocycles. The lowest BCUT2D eigenvalue weighted by molar-refractivity contribution is 0.0704. The number of carbonyl (C=O) groups is 1. The van der Waals surface area contributed by atoms with Crippen molar-refractivity contribution in [1.82, 2.24) is 24.6 Å². The number of carbonyl (C=O) groups excluding carboxylic acids is 1. The molecule has 0 aliphatic carbocycles. The molecule has 150 valence electrons. The predicted molar refractivity (Wildman–Crippen MR) is 104 cm³/mol. The number of piperidine rings is 1. The second-order valence-corrected chi connectivity index (χ2v) is 7.16. The molecule has 1 amide bonds. The van der Waals surface area contributed by atoms with Crippen molar-refractivity contribution in [3.05, 3.63) is 65.6 Å². The van der Waals surface area contributed by atoms with Gasteiger partial charge in [-0.25, -0.2) is 9.37 Å². The van der Waals surface area contributed by atoms with E-state index in [0.29, 0.717) is 36.0 Å². The zero-order valence-electron chi connectivity index (χ0n) is 16.4. The highest BCUT2D eigenvalue weighted by Crippen LogP contribution is 2.33. The average Bonchev–Trinajstić information content (AvgIpc) is 3.08. The minimum absolute atomic E-state index is 0.00817. The van der Waals surface area contributed by atoms with Crippen molar-refractivity contribution in [3.8, 4) is 11.6 Å². The summed E-state index contributed by atoms with van der Waals surface area (Å²) in [6, 6.07) is 5.77. The summed E-state index contributed by atoms with van der Waals surface area (Å²) < 4.78 is 20.7. The smallest absolute Gasteiger partial charge is 0.257 e. The van der Waals surface area contributed by atoms with Crippen LogP contribution in [0.5, 0.6) is 11.6 Å². The topological polar surface area (TPSA) is 73.1 Å². The van der Waals surface area contributed by atoms with Crippen LogP contribution in [0.2, 0.25) is 0 Å². The van der Waals surface area contributed by atoms with Crippen molar-refractivity contribution >= 4 is 5.91 Å². The Morgan fingerprint density at radius 2 is 1.97 bits per heavy atom. The maximum absolute atomic E-state index is 13.2. The molecule has 1 aliphatic rings. The van der Waals surface area contributed by atoms with E-state index in [9.17, 15) is 9.18 Å². The van der Waals surface area contributed by atoms with Gasteiger partial charge in [-0.1, -0.05) is 0 Å². The highest BCUT2D eigenvalue weighted by Gasteiger charge is 2.30. The normalized spacial score (nSPS) is 16.7. The molecule has 0 bridgehead atoms. The summed E-state index contributed by atoms with van der Waals surface area (Å²) in [4.78, 5) is 23.6. The Morgan fingerprint density at radius 1 is 1.21 bits per heavy atom. The van der Waals surface area contributed by atoms with Crippen molar-refractivity contribution in [1.29, 1.82) is 0 Å². The Balaban J connectivity index is 1.55. The molecule has 0 radical (unpaired) electrons. The molecule has 2 aromatic heterocycles. The van der Waals surface area contributed by atoms with Crippen LogP contribution in [0.15, 0.2) is 42.9 Å². The van der Waals surface area contributed by atoms with Gasteiger partial charge < -0.3 is 9.64 Å². The van der Waals surface area contributed by atoms with Gasteiger partial charge in [0.1, 0.15) is 17.3 Å². The Morgan fingerprint density at radius 3 is 2.69 bits per heavy atom. The number of aryl methyl sites for hydroxylation is 1. The van der Waals surface area contributed by atoms with Gasteiger partial charge in [-0.2, -0.15) is 5.10 Å². The van der Waals surface area contributed by atoms with E-state index in [4.69, 9.17) is 4.74 Å². The Labute approximate surface area is 168 Å². The zero-order chi connectivity index (χ0) is 20.4. The van der Waals surface area contributed by atoms with Crippen molar-refractivity contribution in [3.63, 3.8) is 0 Å². The average molecular weight is 395 g/mol. The lowest BCUT2D eigenvalue weighted by Crippen LogP contribution is -2.39. The van der Waals surface area contributed by atoms with E-state index in [1.165, 1.54) is 12.1 Å². The third-order valence-corrected chi connectivity index (χ3v) is 5.28. The Kier molecular flexibility index (Phi) is 5.24. The number of benzene rings is 1. The summed E-state index contributed by atoms with van der Waals surface area (Å²) in [5.41, 5.74) is 2.17. The molecule has 0 saturated carbocycles. The van der Waals surface area contributed by atoms with E-state index in [0.717, 1.165) is 18.5 Å². The molecule has 4 rings (SSSR count). The van der Waals surface area contributed by atoms with Gasteiger partial charge in [-0.05, 0) is 44.0 Å². The molecular weight excluding hydrogens is 373 g/mol. The summed E-state index contributed by atoms with van der Waals surface area (Å²) in [5.74, 6) is 0.529. The number of aromatic nitrogens is 4. The standard InChI is InChI=1S/C21H22FN5O2/c1-14-18(12-25-26(14)2)21(28)27-11-3-4-15(13-27)19-20(24-10-9-23-19)29-17-7-5-16(22)6-8-17/h5-10,12,15H,3-4,11,13H2,1-2H3/t15-/m1/s1. The van der Waals surface area contributed by atoms with E-state index in [1.54, 1.807) is 35.4 Å². The number of amides is 1. The fourth-order valence-electron chi connectivity index (χ4n) is 3.57. The van der Waals surface area contributed by atoms with Crippen molar-refractivity contribution in [2.24, 2.45) is 7.05 Å². The van der Waals surface area contributed by atoms with Crippen LogP contribution in [0.25, 0.3) is 0 Å². The molecule has 1 atom stereocenters. The van der Waals surface area contributed by atoms with E-state index in [2.05, 4.69) is 15.1 Å². The number of hydrogen-bond acceptors (Lipinski definition) is 5. The second-order valence-electron chi connectivity index (χ2n) is 7.16. The van der Waals surface area contributed by atoms with Gasteiger partial charge in [0.2, 0.25) is 5.88 Å². The predicted octanol–water partition coefficient (Wildman–Crippen LogP) is 3.47. The number of likely N-dealkylation sites (tertiary alicyclic amines) is 1. The maximum atomic E-state index is 13.2. The van der Waals surface area contributed by atoms with E-state index >= 15 is 0 Å². The van der Waals surface area contributed by atoms with Crippen LogP contribution >= 0.6 is 0 Å². The van der Waals surface area contributed by atoms with Gasteiger partial charge in [0.05, 0.1) is 11.8 Å². The number of hydrogen-bond donors (Lipinski definition) is 0. The van der Waals surface area contributed by atoms with Gasteiger partial charge in [0.15, 0.2) is 0 Å². The first-order valence-corrected chi connectivity index (χ1v) is 9.55. The SMILES string of the molecule is Cc1c(C(=O)N2CCC[C@@H](c3nccnc3Oc3ccc(F)cc3)C2)cnn1C. The molecule has 1 aliphatic heterocycles. The summed E-state index contributed by atoms with van der Waals surface area (Å²) >= 11 is 0. The fraction of sp³-hybridized carbons (Fsp3) is 0.333. The largest absolute Gasteiger partial charge is 0.437 e. The summed E-state index contributed by atoms with van der Waals surface area (Å²) in [5, 5.41) is 4.18. The van der Waals surface area contributed by atoms with E-state index in [1.807, 2.05) is 18.9 Å².